The van der Waals surface area contributed by atoms with Crippen molar-refractivity contribution in [1.29, 1.82) is 0 Å². The number of rotatable bonds is 10. The zero-order chi connectivity index (χ0) is 16.4. The molecule has 1 rings (SSSR count). The lowest BCUT2D eigenvalue weighted by molar-refractivity contribution is -0.115. The maximum Gasteiger partial charge on any atom is 0.238 e. The van der Waals surface area contributed by atoms with Gasteiger partial charge in [-0.3, -0.25) is 4.79 Å². The molecule has 6 heteroatoms. The zero-order valence-corrected chi connectivity index (χ0v) is 13.9. The number of hydrogen-bond acceptors (Lipinski definition) is 5. The molecule has 0 heterocycles. The second kappa shape index (κ2) is 10.2. The van der Waals surface area contributed by atoms with E-state index < -0.39 is 0 Å². The Bertz CT molecular complexity index is 464. The molecule has 2 N–H and O–H groups in total. The Morgan fingerprint density at radius 1 is 1.27 bits per heavy atom. The van der Waals surface area contributed by atoms with Crippen LogP contribution >= 0.6 is 0 Å². The van der Waals surface area contributed by atoms with Crippen LogP contribution in [0.15, 0.2) is 18.2 Å². The van der Waals surface area contributed by atoms with Gasteiger partial charge in [0.05, 0.1) is 18.8 Å². The third-order valence-corrected chi connectivity index (χ3v) is 2.98. The number of carbonyl (C=O) groups excluding carboxylic acids is 1. The van der Waals surface area contributed by atoms with E-state index in [9.17, 15) is 4.79 Å². The van der Waals surface area contributed by atoms with Gasteiger partial charge in [0, 0.05) is 20.2 Å². The summed E-state index contributed by atoms with van der Waals surface area (Å²) in [5.41, 5.74) is 1.79. The van der Waals surface area contributed by atoms with Crippen molar-refractivity contribution in [2.24, 2.45) is 0 Å². The van der Waals surface area contributed by atoms with Gasteiger partial charge in [-0.05, 0) is 38.7 Å². The quantitative estimate of drug-likeness (QED) is 0.634. The van der Waals surface area contributed by atoms with Gasteiger partial charge in [-0.1, -0.05) is 6.07 Å². The number of hydrogen-bond donors (Lipinski definition) is 2. The van der Waals surface area contributed by atoms with Crippen molar-refractivity contribution in [3.05, 3.63) is 23.8 Å². The number of aryl methyl sites for hydroxylation is 1. The monoisotopic (exact) mass is 309 g/mol. The molecule has 124 valence electrons. The van der Waals surface area contributed by atoms with Crippen LogP contribution in [-0.4, -0.2) is 64.9 Å². The summed E-state index contributed by atoms with van der Waals surface area (Å²) >= 11 is 0. The molecule has 1 aromatic carbocycles. The van der Waals surface area contributed by atoms with Gasteiger partial charge in [0.1, 0.15) is 12.4 Å². The Kier molecular flexibility index (Phi) is 8.50. The van der Waals surface area contributed by atoms with Crippen molar-refractivity contribution >= 4 is 11.6 Å². The number of nitrogens with zero attached hydrogens (tertiary/aromatic N) is 1. The lowest BCUT2D eigenvalue weighted by atomic mass is 10.2. The minimum absolute atomic E-state index is 0.0996. The van der Waals surface area contributed by atoms with Crippen LogP contribution in [0.1, 0.15) is 5.56 Å². The summed E-state index contributed by atoms with van der Waals surface area (Å²) < 4.78 is 10.7. The normalized spacial score (nSPS) is 10.8. The molecule has 1 aromatic rings. The Balaban J connectivity index is 2.55. The third-order valence-electron chi connectivity index (χ3n) is 2.98. The van der Waals surface area contributed by atoms with E-state index >= 15 is 0 Å². The number of nitrogens with one attached hydrogen (secondary N) is 2. The highest BCUT2D eigenvalue weighted by atomic mass is 16.5. The topological polar surface area (TPSA) is 62.8 Å². The smallest absolute Gasteiger partial charge is 0.238 e. The van der Waals surface area contributed by atoms with Gasteiger partial charge in [0.15, 0.2) is 0 Å². The summed E-state index contributed by atoms with van der Waals surface area (Å²) in [6.45, 7) is 4.86. The summed E-state index contributed by atoms with van der Waals surface area (Å²) in [4.78, 5) is 14.0. The van der Waals surface area contributed by atoms with Crippen LogP contribution in [0.5, 0.6) is 5.75 Å². The van der Waals surface area contributed by atoms with Crippen LogP contribution in [-0.2, 0) is 9.53 Å². The Morgan fingerprint density at radius 2 is 2.05 bits per heavy atom. The summed E-state index contributed by atoms with van der Waals surface area (Å²) in [7, 11) is 5.62. The molecule has 0 aliphatic rings. The Morgan fingerprint density at radius 3 is 2.73 bits per heavy atom. The maximum absolute atomic E-state index is 11.9. The summed E-state index contributed by atoms with van der Waals surface area (Å²) in [5, 5.41) is 5.88. The average molecular weight is 309 g/mol. The Labute approximate surface area is 132 Å². The largest absolute Gasteiger partial charge is 0.490 e. The molecule has 6 nitrogen and oxygen atoms in total. The highest BCUT2D eigenvalue weighted by molar-refractivity contribution is 5.93. The second-order valence-corrected chi connectivity index (χ2v) is 5.37. The van der Waals surface area contributed by atoms with Gasteiger partial charge < -0.3 is 25.0 Å². The highest BCUT2D eigenvalue weighted by Gasteiger charge is 2.08. The maximum atomic E-state index is 11.9. The molecule has 0 atom stereocenters. The van der Waals surface area contributed by atoms with Crippen molar-refractivity contribution in [3.63, 3.8) is 0 Å². The van der Waals surface area contributed by atoms with Gasteiger partial charge in [0.2, 0.25) is 5.91 Å². The molecule has 0 aliphatic heterocycles. The van der Waals surface area contributed by atoms with Crippen LogP contribution in [0.25, 0.3) is 0 Å². The molecule has 0 saturated carbocycles. The molecule has 0 bridgehead atoms. The fraction of sp³-hybridized carbons (Fsp3) is 0.562. The van der Waals surface area contributed by atoms with E-state index in [1.165, 1.54) is 0 Å². The van der Waals surface area contributed by atoms with E-state index in [-0.39, 0.29) is 12.5 Å². The van der Waals surface area contributed by atoms with E-state index in [4.69, 9.17) is 9.47 Å². The van der Waals surface area contributed by atoms with Gasteiger partial charge in [0.25, 0.3) is 0 Å². The Hall–Kier alpha value is -1.63. The molecule has 1 amide bonds. The number of benzene rings is 1. The van der Waals surface area contributed by atoms with E-state index in [2.05, 4.69) is 10.6 Å². The highest BCUT2D eigenvalue weighted by Crippen LogP contribution is 2.25. The molecular formula is C16H27N3O3. The molecule has 0 aromatic heterocycles. The second-order valence-electron chi connectivity index (χ2n) is 5.37. The molecule has 0 saturated heterocycles. The summed E-state index contributed by atoms with van der Waals surface area (Å²) in [5.74, 6) is 0.601. The van der Waals surface area contributed by atoms with E-state index in [1.54, 1.807) is 7.11 Å². The molecular weight excluding hydrogens is 282 g/mol. The van der Waals surface area contributed by atoms with Crippen molar-refractivity contribution in [2.75, 3.05) is 59.4 Å². The zero-order valence-electron chi connectivity index (χ0n) is 13.9. The molecule has 0 fully saturated rings. The van der Waals surface area contributed by atoms with Crippen LogP contribution in [0.4, 0.5) is 5.69 Å². The van der Waals surface area contributed by atoms with Crippen molar-refractivity contribution in [1.82, 2.24) is 10.2 Å². The molecule has 0 aliphatic carbocycles. The van der Waals surface area contributed by atoms with Gasteiger partial charge in [-0.25, -0.2) is 0 Å². The van der Waals surface area contributed by atoms with Gasteiger partial charge >= 0.3 is 0 Å². The van der Waals surface area contributed by atoms with Crippen molar-refractivity contribution in [2.45, 2.75) is 6.92 Å². The fourth-order valence-corrected chi connectivity index (χ4v) is 1.76. The molecule has 22 heavy (non-hydrogen) atoms. The lowest BCUT2D eigenvalue weighted by Gasteiger charge is -2.15. The number of amides is 1. The number of carbonyl (C=O) groups is 1. The van der Waals surface area contributed by atoms with E-state index in [1.807, 2.05) is 44.1 Å². The molecule has 0 radical (unpaired) electrons. The minimum Gasteiger partial charge on any atom is -0.490 e. The fourth-order valence-electron chi connectivity index (χ4n) is 1.76. The molecule has 0 spiro atoms. The van der Waals surface area contributed by atoms with Crippen LogP contribution in [0.3, 0.4) is 0 Å². The van der Waals surface area contributed by atoms with E-state index in [0.29, 0.717) is 31.2 Å². The van der Waals surface area contributed by atoms with Crippen molar-refractivity contribution in [3.8, 4) is 5.75 Å². The predicted molar refractivity (Wildman–Crippen MR) is 88.6 cm³/mol. The van der Waals surface area contributed by atoms with Gasteiger partial charge in [-0.15, -0.1) is 0 Å². The van der Waals surface area contributed by atoms with Crippen LogP contribution in [0, 0.1) is 6.92 Å². The number of ether oxygens (including phenoxy) is 2. The lowest BCUT2D eigenvalue weighted by Crippen LogP contribution is -2.30. The first-order chi connectivity index (χ1) is 10.5. The first kappa shape index (κ1) is 18.4. The SMILES string of the molecule is COCCNCC(=O)Nc1ccc(C)cc1OCCN(C)C. The van der Waals surface area contributed by atoms with Crippen LogP contribution in [0.2, 0.25) is 0 Å². The van der Waals surface area contributed by atoms with Crippen LogP contribution < -0.4 is 15.4 Å². The first-order valence-electron chi connectivity index (χ1n) is 7.40. The number of methoxy groups -OCH3 is 1. The molecule has 0 unspecified atom stereocenters. The predicted octanol–water partition coefficient (Wildman–Crippen LogP) is 1.11. The third kappa shape index (κ3) is 7.40. The summed E-state index contributed by atoms with van der Waals surface area (Å²) in [6.07, 6.45) is 0. The number of anilines is 1. The van der Waals surface area contributed by atoms with Crippen molar-refractivity contribution < 1.29 is 14.3 Å². The van der Waals surface area contributed by atoms with Gasteiger partial charge in [-0.2, -0.15) is 0 Å². The summed E-state index contributed by atoms with van der Waals surface area (Å²) in [6, 6.07) is 5.75. The van der Waals surface area contributed by atoms with E-state index in [0.717, 1.165) is 12.1 Å². The number of likely N-dealkylation sites (N-methyl/N-ethyl adjacent to an activating group) is 1. The average Bonchev–Trinajstić information content (AvgIpc) is 2.46. The first-order valence-corrected chi connectivity index (χ1v) is 7.40. The standard InChI is InChI=1S/C16H27N3O3/c1-13-5-6-14(15(11-13)22-10-8-19(2)3)18-16(20)12-17-7-9-21-4/h5-6,11,17H,7-10,12H2,1-4H3,(H,18,20). The minimum atomic E-state index is -0.0996.